The van der Waals surface area contributed by atoms with Crippen LogP contribution < -0.4 is 15.4 Å². The Morgan fingerprint density at radius 1 is 1.24 bits per heavy atom. The zero-order valence-corrected chi connectivity index (χ0v) is 14.5. The molecule has 2 N–H and O–H groups in total. The van der Waals surface area contributed by atoms with Crippen molar-refractivity contribution in [2.45, 2.75) is 13.3 Å². The fourth-order valence-corrected chi connectivity index (χ4v) is 2.55. The summed E-state index contributed by atoms with van der Waals surface area (Å²) in [5.41, 5.74) is 2.60. The number of rotatable bonds is 7. The largest absolute Gasteiger partial charge is 0.496 e. The van der Waals surface area contributed by atoms with E-state index in [1.54, 1.807) is 20.2 Å². The van der Waals surface area contributed by atoms with Crippen molar-refractivity contribution in [3.8, 4) is 5.75 Å². The van der Waals surface area contributed by atoms with Gasteiger partial charge >= 0.3 is 0 Å². The molecule has 1 amide bonds. The third-order valence-electron chi connectivity index (χ3n) is 3.84. The second-order valence-electron chi connectivity index (χ2n) is 5.56. The van der Waals surface area contributed by atoms with Crippen LogP contribution in [0, 0.1) is 17.0 Å². The molecule has 0 bridgehead atoms. The van der Waals surface area contributed by atoms with Crippen molar-refractivity contribution < 1.29 is 14.5 Å². The molecule has 0 heterocycles. The Balaban J connectivity index is 2.05. The van der Waals surface area contributed by atoms with Gasteiger partial charge in [-0.05, 0) is 37.1 Å². The first-order valence-electron chi connectivity index (χ1n) is 7.84. The van der Waals surface area contributed by atoms with Gasteiger partial charge in [0.05, 0.1) is 12.0 Å². The number of nitrogens with one attached hydrogen (secondary N) is 2. The van der Waals surface area contributed by atoms with E-state index < -0.39 is 4.92 Å². The first-order chi connectivity index (χ1) is 12.0. The predicted molar refractivity (Wildman–Crippen MR) is 96.4 cm³/mol. The molecule has 0 aliphatic rings. The molecule has 2 rings (SSSR count). The van der Waals surface area contributed by atoms with Gasteiger partial charge in [-0.15, -0.1) is 0 Å². The predicted octanol–water partition coefficient (Wildman–Crippen LogP) is 2.93. The van der Waals surface area contributed by atoms with Crippen molar-refractivity contribution in [2.24, 2.45) is 0 Å². The zero-order valence-electron chi connectivity index (χ0n) is 14.5. The van der Waals surface area contributed by atoms with Crippen LogP contribution in [0.3, 0.4) is 0 Å². The Morgan fingerprint density at radius 3 is 2.64 bits per heavy atom. The average molecular weight is 343 g/mol. The number of hydrogen-bond donors (Lipinski definition) is 2. The first-order valence-corrected chi connectivity index (χ1v) is 7.84. The molecule has 0 aliphatic carbocycles. The highest BCUT2D eigenvalue weighted by atomic mass is 16.6. The van der Waals surface area contributed by atoms with Crippen molar-refractivity contribution >= 4 is 17.3 Å². The number of carbonyl (C=O) groups excluding carboxylic acids is 1. The SMILES string of the molecule is CNc1ccc(C(=O)NCCc2cc(C)ccc2OC)cc1[N+](=O)[O-]. The van der Waals surface area contributed by atoms with Crippen LogP contribution in [0.15, 0.2) is 36.4 Å². The molecule has 7 nitrogen and oxygen atoms in total. The second-order valence-corrected chi connectivity index (χ2v) is 5.56. The molecule has 2 aromatic carbocycles. The third-order valence-corrected chi connectivity index (χ3v) is 3.84. The van der Waals surface area contributed by atoms with Crippen LogP contribution >= 0.6 is 0 Å². The molecule has 132 valence electrons. The summed E-state index contributed by atoms with van der Waals surface area (Å²) in [7, 11) is 3.20. The third kappa shape index (κ3) is 4.47. The van der Waals surface area contributed by atoms with Crippen molar-refractivity contribution in [1.82, 2.24) is 5.32 Å². The summed E-state index contributed by atoms with van der Waals surface area (Å²) in [4.78, 5) is 22.8. The highest BCUT2D eigenvalue weighted by Gasteiger charge is 2.16. The Hall–Kier alpha value is -3.09. The summed E-state index contributed by atoms with van der Waals surface area (Å²) in [6.07, 6.45) is 0.604. The summed E-state index contributed by atoms with van der Waals surface area (Å²) in [6.45, 7) is 2.39. The molecule has 0 fully saturated rings. The Morgan fingerprint density at radius 2 is 2.00 bits per heavy atom. The van der Waals surface area contributed by atoms with Gasteiger partial charge < -0.3 is 15.4 Å². The van der Waals surface area contributed by atoms with E-state index in [2.05, 4.69) is 10.6 Å². The Kier molecular flexibility index (Phi) is 5.94. The van der Waals surface area contributed by atoms with Crippen LogP contribution in [0.4, 0.5) is 11.4 Å². The lowest BCUT2D eigenvalue weighted by Gasteiger charge is -2.11. The minimum Gasteiger partial charge on any atom is -0.496 e. The molecule has 0 unspecified atom stereocenters. The number of anilines is 1. The number of carbonyl (C=O) groups is 1. The lowest BCUT2D eigenvalue weighted by atomic mass is 10.1. The maximum absolute atomic E-state index is 12.2. The lowest BCUT2D eigenvalue weighted by molar-refractivity contribution is -0.384. The smallest absolute Gasteiger partial charge is 0.293 e. The van der Waals surface area contributed by atoms with Gasteiger partial charge in [-0.25, -0.2) is 0 Å². The van der Waals surface area contributed by atoms with Crippen molar-refractivity contribution in [3.05, 3.63) is 63.2 Å². The topological polar surface area (TPSA) is 93.5 Å². The van der Waals surface area contributed by atoms with E-state index in [0.29, 0.717) is 18.7 Å². The van der Waals surface area contributed by atoms with Gasteiger partial charge in [-0.2, -0.15) is 0 Å². The Bertz CT molecular complexity index is 790. The molecule has 25 heavy (non-hydrogen) atoms. The summed E-state index contributed by atoms with van der Waals surface area (Å²) in [5.74, 6) is 0.422. The number of hydrogen-bond acceptors (Lipinski definition) is 5. The number of ether oxygens (including phenoxy) is 1. The molecular formula is C18H21N3O4. The molecular weight excluding hydrogens is 322 g/mol. The number of nitro benzene ring substituents is 1. The van der Waals surface area contributed by atoms with Crippen LogP contribution in [0.1, 0.15) is 21.5 Å². The summed E-state index contributed by atoms with van der Waals surface area (Å²) < 4.78 is 5.32. The zero-order chi connectivity index (χ0) is 18.4. The number of methoxy groups -OCH3 is 1. The van der Waals surface area contributed by atoms with Gasteiger partial charge in [0, 0.05) is 25.2 Å². The van der Waals surface area contributed by atoms with Gasteiger partial charge in [0.25, 0.3) is 11.6 Å². The molecule has 0 saturated carbocycles. The molecule has 2 aromatic rings. The minimum atomic E-state index is -0.514. The minimum absolute atomic E-state index is 0.129. The molecule has 0 saturated heterocycles. The van der Waals surface area contributed by atoms with Gasteiger partial charge in [-0.3, -0.25) is 14.9 Å². The van der Waals surface area contributed by atoms with Crippen LogP contribution in [-0.2, 0) is 6.42 Å². The van der Waals surface area contributed by atoms with E-state index in [1.165, 1.54) is 12.1 Å². The van der Waals surface area contributed by atoms with Gasteiger partial charge in [0.1, 0.15) is 11.4 Å². The molecule has 0 atom stereocenters. The number of aryl methyl sites for hydroxylation is 1. The quantitative estimate of drug-likeness (QED) is 0.595. The normalized spacial score (nSPS) is 10.2. The number of nitrogens with zero attached hydrogens (tertiary/aromatic N) is 1. The fraction of sp³-hybridized carbons (Fsp3) is 0.278. The first kappa shape index (κ1) is 18.3. The molecule has 0 spiro atoms. The monoisotopic (exact) mass is 343 g/mol. The van der Waals surface area contributed by atoms with E-state index in [4.69, 9.17) is 4.74 Å². The van der Waals surface area contributed by atoms with Gasteiger partial charge in [-0.1, -0.05) is 17.7 Å². The highest BCUT2D eigenvalue weighted by Crippen LogP contribution is 2.25. The van der Waals surface area contributed by atoms with Crippen LogP contribution in [0.2, 0.25) is 0 Å². The van der Waals surface area contributed by atoms with Crippen LogP contribution in [-0.4, -0.2) is 31.5 Å². The van der Waals surface area contributed by atoms with Crippen molar-refractivity contribution in [3.63, 3.8) is 0 Å². The summed E-state index contributed by atoms with van der Waals surface area (Å²) >= 11 is 0. The van der Waals surface area contributed by atoms with Crippen LogP contribution in [0.5, 0.6) is 5.75 Å². The maximum Gasteiger partial charge on any atom is 0.293 e. The van der Waals surface area contributed by atoms with E-state index in [-0.39, 0.29) is 17.2 Å². The van der Waals surface area contributed by atoms with E-state index >= 15 is 0 Å². The van der Waals surface area contributed by atoms with E-state index in [0.717, 1.165) is 16.9 Å². The Labute approximate surface area is 146 Å². The number of amides is 1. The highest BCUT2D eigenvalue weighted by molar-refractivity contribution is 5.95. The van der Waals surface area contributed by atoms with E-state index in [9.17, 15) is 14.9 Å². The van der Waals surface area contributed by atoms with Crippen molar-refractivity contribution in [1.29, 1.82) is 0 Å². The molecule has 7 heteroatoms. The second kappa shape index (κ2) is 8.14. The molecule has 0 aliphatic heterocycles. The molecule has 0 radical (unpaired) electrons. The number of nitro groups is 1. The maximum atomic E-state index is 12.2. The lowest BCUT2D eigenvalue weighted by Crippen LogP contribution is -2.26. The van der Waals surface area contributed by atoms with E-state index in [1.807, 2.05) is 25.1 Å². The average Bonchev–Trinajstić information content (AvgIpc) is 2.61. The van der Waals surface area contributed by atoms with Crippen molar-refractivity contribution in [2.75, 3.05) is 26.0 Å². The fourth-order valence-electron chi connectivity index (χ4n) is 2.55. The van der Waals surface area contributed by atoms with Gasteiger partial charge in [0.15, 0.2) is 0 Å². The number of benzene rings is 2. The van der Waals surface area contributed by atoms with Crippen LogP contribution in [0.25, 0.3) is 0 Å². The van der Waals surface area contributed by atoms with Gasteiger partial charge in [0.2, 0.25) is 0 Å². The summed E-state index contributed by atoms with van der Waals surface area (Å²) in [6, 6.07) is 10.2. The molecule has 0 aromatic heterocycles. The summed E-state index contributed by atoms with van der Waals surface area (Å²) in [5, 5.41) is 16.6. The standard InChI is InChI=1S/C18H21N3O4/c1-12-4-7-17(25-3)13(10-12)8-9-20-18(22)14-5-6-15(19-2)16(11-14)21(23)24/h4-7,10-11,19H,8-9H2,1-3H3,(H,20,22).